The van der Waals surface area contributed by atoms with Crippen molar-refractivity contribution in [2.24, 2.45) is 0 Å². The van der Waals surface area contributed by atoms with Gasteiger partial charge >= 0.3 is 0 Å². The highest BCUT2D eigenvalue weighted by Gasteiger charge is 2.35. The summed E-state index contributed by atoms with van der Waals surface area (Å²) >= 11 is 3.55. The predicted molar refractivity (Wildman–Crippen MR) is 62.0 cm³/mol. The van der Waals surface area contributed by atoms with E-state index in [9.17, 15) is 0 Å². The second-order valence-corrected chi connectivity index (χ2v) is 5.99. The van der Waals surface area contributed by atoms with Gasteiger partial charge in [0, 0.05) is 17.6 Å². The molecule has 1 rings (SSSR count). The zero-order valence-corrected chi connectivity index (χ0v) is 11.2. The van der Waals surface area contributed by atoms with Crippen LogP contribution >= 0.6 is 24.2 Å². The van der Waals surface area contributed by atoms with E-state index in [4.69, 9.17) is 4.52 Å². The maximum atomic E-state index is 5.96. The monoisotopic (exact) mass is 265 g/mol. The standard InChI is InChI=1S/C9H17BrNOP/c1-5-11(6-2)13-7-8(10)9(3,4)12-13/h7H,5-6H2,1-4H3. The Balaban J connectivity index is 2.68. The first-order valence-electron chi connectivity index (χ1n) is 4.62. The molecular weight excluding hydrogens is 249 g/mol. The lowest BCUT2D eigenvalue weighted by atomic mass is 10.1. The second-order valence-electron chi connectivity index (χ2n) is 3.52. The fourth-order valence-electron chi connectivity index (χ4n) is 1.20. The van der Waals surface area contributed by atoms with Gasteiger partial charge in [0.05, 0.1) is 0 Å². The molecule has 0 amide bonds. The van der Waals surface area contributed by atoms with Crippen molar-refractivity contribution >= 4 is 24.2 Å². The van der Waals surface area contributed by atoms with E-state index in [2.05, 4.69) is 54.1 Å². The van der Waals surface area contributed by atoms with Gasteiger partial charge in [-0.15, -0.1) is 0 Å². The first kappa shape index (κ1) is 11.6. The van der Waals surface area contributed by atoms with Crippen LogP contribution in [0.25, 0.3) is 0 Å². The fourth-order valence-corrected chi connectivity index (χ4v) is 3.89. The van der Waals surface area contributed by atoms with E-state index in [0.717, 1.165) is 13.1 Å². The van der Waals surface area contributed by atoms with Crippen molar-refractivity contribution in [3.63, 3.8) is 0 Å². The minimum absolute atomic E-state index is 0.131. The highest BCUT2D eigenvalue weighted by atomic mass is 79.9. The second kappa shape index (κ2) is 4.39. The molecule has 0 bridgehead atoms. The van der Waals surface area contributed by atoms with Crippen LogP contribution in [0.1, 0.15) is 27.7 Å². The van der Waals surface area contributed by atoms with Crippen molar-refractivity contribution < 1.29 is 4.52 Å². The van der Waals surface area contributed by atoms with Gasteiger partial charge in [-0.25, -0.2) is 0 Å². The van der Waals surface area contributed by atoms with Crippen LogP contribution in [0, 0.1) is 0 Å². The van der Waals surface area contributed by atoms with Gasteiger partial charge in [0.25, 0.3) is 0 Å². The van der Waals surface area contributed by atoms with Gasteiger partial charge in [-0.05, 0) is 19.7 Å². The molecule has 1 unspecified atom stereocenters. The maximum absolute atomic E-state index is 5.96. The number of rotatable bonds is 3. The molecule has 0 aromatic heterocycles. The molecule has 0 radical (unpaired) electrons. The Kier molecular flexibility index (Phi) is 3.94. The average molecular weight is 266 g/mol. The minimum Gasteiger partial charge on any atom is -0.329 e. The van der Waals surface area contributed by atoms with Crippen molar-refractivity contribution in [1.82, 2.24) is 4.67 Å². The van der Waals surface area contributed by atoms with Crippen LogP contribution in [0.4, 0.5) is 0 Å². The summed E-state index contributed by atoms with van der Waals surface area (Å²) in [7, 11) is -0.512. The Labute approximate surface area is 90.3 Å². The molecule has 4 heteroatoms. The van der Waals surface area contributed by atoms with E-state index in [-0.39, 0.29) is 5.60 Å². The molecule has 0 N–H and O–H groups in total. The molecule has 0 spiro atoms. The molecule has 2 nitrogen and oxygen atoms in total. The summed E-state index contributed by atoms with van der Waals surface area (Å²) < 4.78 is 9.49. The van der Waals surface area contributed by atoms with E-state index in [1.54, 1.807) is 0 Å². The number of hydrogen-bond acceptors (Lipinski definition) is 2. The molecular formula is C9H17BrNOP. The normalized spacial score (nSPS) is 26.6. The summed E-state index contributed by atoms with van der Waals surface area (Å²) in [6.07, 6.45) is 0. The average Bonchev–Trinajstić information content (AvgIpc) is 2.29. The first-order chi connectivity index (χ1) is 6.01. The Morgan fingerprint density at radius 2 is 2.00 bits per heavy atom. The predicted octanol–water partition coefficient (Wildman–Crippen LogP) is 3.69. The number of nitrogens with zero attached hydrogens (tertiary/aromatic N) is 1. The fraction of sp³-hybridized carbons (Fsp3) is 0.778. The number of hydrogen-bond donors (Lipinski definition) is 0. The molecule has 1 heterocycles. The smallest absolute Gasteiger partial charge is 0.131 e. The molecule has 0 aromatic carbocycles. The lowest BCUT2D eigenvalue weighted by molar-refractivity contribution is 0.178. The van der Waals surface area contributed by atoms with Gasteiger partial charge in [0.2, 0.25) is 0 Å². The van der Waals surface area contributed by atoms with Crippen molar-refractivity contribution in [3.8, 4) is 0 Å². The minimum atomic E-state index is -0.512. The molecule has 0 saturated heterocycles. The molecule has 0 aliphatic carbocycles. The molecule has 1 atom stereocenters. The van der Waals surface area contributed by atoms with E-state index >= 15 is 0 Å². The Bertz CT molecular complexity index is 214. The van der Waals surface area contributed by atoms with E-state index in [0.29, 0.717) is 0 Å². The maximum Gasteiger partial charge on any atom is 0.131 e. The molecule has 0 aromatic rings. The van der Waals surface area contributed by atoms with Gasteiger partial charge in [-0.3, -0.25) is 4.67 Å². The lowest BCUT2D eigenvalue weighted by Gasteiger charge is -2.27. The Morgan fingerprint density at radius 3 is 2.31 bits per heavy atom. The number of halogens is 1. The van der Waals surface area contributed by atoms with Gasteiger partial charge in [-0.2, -0.15) is 0 Å². The summed E-state index contributed by atoms with van der Waals surface area (Å²) in [4.78, 5) is 0. The molecule has 0 fully saturated rings. The topological polar surface area (TPSA) is 12.5 Å². The van der Waals surface area contributed by atoms with Crippen LogP contribution in [0.15, 0.2) is 10.3 Å². The highest BCUT2D eigenvalue weighted by Crippen LogP contribution is 2.56. The van der Waals surface area contributed by atoms with Crippen LogP contribution in [-0.4, -0.2) is 23.4 Å². The molecule has 13 heavy (non-hydrogen) atoms. The summed E-state index contributed by atoms with van der Waals surface area (Å²) in [5.41, 5.74) is -0.131. The van der Waals surface area contributed by atoms with Crippen LogP contribution < -0.4 is 0 Å². The molecule has 1 aliphatic heterocycles. The molecule has 76 valence electrons. The summed E-state index contributed by atoms with van der Waals surface area (Å²) in [6.45, 7) is 10.6. The van der Waals surface area contributed by atoms with Gasteiger partial charge in [0.15, 0.2) is 0 Å². The van der Waals surface area contributed by atoms with Crippen molar-refractivity contribution in [2.75, 3.05) is 13.1 Å². The van der Waals surface area contributed by atoms with E-state index in [1.165, 1.54) is 4.48 Å². The third-order valence-corrected chi connectivity index (χ3v) is 5.91. The third-order valence-electron chi connectivity index (χ3n) is 2.13. The lowest BCUT2D eigenvalue weighted by Crippen LogP contribution is -2.22. The van der Waals surface area contributed by atoms with Crippen LogP contribution in [-0.2, 0) is 4.52 Å². The van der Waals surface area contributed by atoms with Crippen molar-refractivity contribution in [1.29, 1.82) is 0 Å². The summed E-state index contributed by atoms with van der Waals surface area (Å²) in [5.74, 6) is 2.21. The Morgan fingerprint density at radius 1 is 1.46 bits per heavy atom. The van der Waals surface area contributed by atoms with Gasteiger partial charge < -0.3 is 4.52 Å². The van der Waals surface area contributed by atoms with Crippen molar-refractivity contribution in [2.45, 2.75) is 33.3 Å². The van der Waals surface area contributed by atoms with Gasteiger partial charge in [0.1, 0.15) is 13.9 Å². The van der Waals surface area contributed by atoms with Crippen molar-refractivity contribution in [3.05, 3.63) is 10.3 Å². The largest absolute Gasteiger partial charge is 0.329 e. The quantitative estimate of drug-likeness (QED) is 0.722. The van der Waals surface area contributed by atoms with E-state index in [1.807, 2.05) is 0 Å². The zero-order chi connectivity index (χ0) is 10.1. The molecule has 0 saturated carbocycles. The summed E-state index contributed by atoms with van der Waals surface area (Å²) in [6, 6.07) is 0. The zero-order valence-electron chi connectivity index (χ0n) is 8.67. The summed E-state index contributed by atoms with van der Waals surface area (Å²) in [5, 5.41) is 0. The molecule has 1 aliphatic rings. The van der Waals surface area contributed by atoms with Crippen LogP contribution in [0.5, 0.6) is 0 Å². The van der Waals surface area contributed by atoms with Crippen LogP contribution in [0.2, 0.25) is 0 Å². The highest BCUT2D eigenvalue weighted by molar-refractivity contribution is 9.11. The third kappa shape index (κ3) is 2.53. The van der Waals surface area contributed by atoms with E-state index < -0.39 is 8.30 Å². The SMILES string of the molecule is CCN(CC)P1C=C(Br)C(C)(C)O1. The van der Waals surface area contributed by atoms with Gasteiger partial charge in [-0.1, -0.05) is 29.8 Å². The first-order valence-corrected chi connectivity index (χ1v) is 6.69. The Hall–Kier alpha value is 0.570. The van der Waals surface area contributed by atoms with Crippen LogP contribution in [0.3, 0.4) is 0 Å².